The van der Waals surface area contributed by atoms with Crippen LogP contribution in [0.2, 0.25) is 0 Å². The number of aromatic amines is 1. The highest BCUT2D eigenvalue weighted by molar-refractivity contribution is 7.71. The van der Waals surface area contributed by atoms with Gasteiger partial charge in [0.25, 0.3) is 0 Å². The summed E-state index contributed by atoms with van der Waals surface area (Å²) in [6, 6.07) is 0. The summed E-state index contributed by atoms with van der Waals surface area (Å²) in [6.07, 6.45) is 0. The average Bonchev–Trinajstić information content (AvgIpc) is 1.97. The Morgan fingerprint density at radius 1 is 1.18 bits per heavy atom. The molecule has 0 spiro atoms. The Labute approximate surface area is 66.9 Å². The quantitative estimate of drug-likeness (QED) is 0.519. The maximum Gasteiger partial charge on any atom is 0.331 e. The van der Waals surface area contributed by atoms with Crippen LogP contribution in [-0.4, -0.2) is 14.1 Å². The number of hydrogen-bond donors (Lipinski definition) is 1. The van der Waals surface area contributed by atoms with E-state index < -0.39 is 11.4 Å². The van der Waals surface area contributed by atoms with Crippen LogP contribution in [0.4, 0.5) is 0 Å². The van der Waals surface area contributed by atoms with Gasteiger partial charge in [-0.25, -0.2) is 9.59 Å². The van der Waals surface area contributed by atoms with E-state index in [4.69, 9.17) is 12.2 Å². The van der Waals surface area contributed by atoms with Crippen molar-refractivity contribution in [2.45, 2.75) is 0 Å². The number of aromatic nitrogens is 3. The van der Waals surface area contributed by atoms with Gasteiger partial charge in [-0.05, 0) is 12.2 Å². The van der Waals surface area contributed by atoms with E-state index in [9.17, 15) is 9.59 Å². The summed E-state index contributed by atoms with van der Waals surface area (Å²) in [4.78, 5) is 23.8. The highest BCUT2D eigenvalue weighted by Crippen LogP contribution is 1.74. The Balaban J connectivity index is 3.89. The molecule has 60 valence electrons. The van der Waals surface area contributed by atoms with Crippen LogP contribution in [0, 0.1) is 4.77 Å². The molecule has 1 N–H and O–H groups in total. The van der Waals surface area contributed by atoms with E-state index in [1.807, 2.05) is 0 Å². The third kappa shape index (κ3) is 1.16. The van der Waals surface area contributed by atoms with Crippen LogP contribution in [0.3, 0.4) is 0 Å². The lowest BCUT2D eigenvalue weighted by Crippen LogP contribution is -2.35. The Bertz CT molecular complexity index is 401. The number of H-pyrrole nitrogens is 1. The molecule has 5 nitrogen and oxygen atoms in total. The first-order valence-corrected chi connectivity index (χ1v) is 3.31. The Kier molecular flexibility index (Phi) is 1.77. The van der Waals surface area contributed by atoms with E-state index in [0.717, 1.165) is 0 Å². The van der Waals surface area contributed by atoms with Gasteiger partial charge in [-0.2, -0.15) is 0 Å². The second-order valence-corrected chi connectivity index (χ2v) is 2.50. The molecular formula is C5H7N3O2S. The zero-order valence-corrected chi connectivity index (χ0v) is 6.94. The van der Waals surface area contributed by atoms with Gasteiger partial charge < -0.3 is 0 Å². The Morgan fingerprint density at radius 3 is 1.91 bits per heavy atom. The van der Waals surface area contributed by atoms with Crippen molar-refractivity contribution in [1.29, 1.82) is 0 Å². The zero-order chi connectivity index (χ0) is 8.59. The lowest BCUT2D eigenvalue weighted by molar-refractivity contribution is 0.645. The lowest BCUT2D eigenvalue weighted by Gasteiger charge is -1.99. The molecule has 1 heterocycles. The molecule has 0 aliphatic heterocycles. The van der Waals surface area contributed by atoms with Gasteiger partial charge in [-0.1, -0.05) is 0 Å². The molecule has 1 aromatic heterocycles. The summed E-state index contributed by atoms with van der Waals surface area (Å²) >= 11 is 4.78. The van der Waals surface area contributed by atoms with Gasteiger partial charge in [0.05, 0.1) is 0 Å². The van der Waals surface area contributed by atoms with Crippen molar-refractivity contribution in [1.82, 2.24) is 14.1 Å². The normalized spacial score (nSPS) is 10.0. The standard InChI is InChI=1S/C5H7N3O2S/c1-7-3(9)6-4(10)8(2)5(7)11/h1-2H3,(H,6,9,10). The van der Waals surface area contributed by atoms with Crippen LogP contribution in [0.15, 0.2) is 9.59 Å². The molecule has 0 amide bonds. The highest BCUT2D eigenvalue weighted by atomic mass is 32.1. The smallest absolute Gasteiger partial charge is 0.273 e. The van der Waals surface area contributed by atoms with Gasteiger partial charge in [0.2, 0.25) is 0 Å². The van der Waals surface area contributed by atoms with E-state index in [0.29, 0.717) is 0 Å². The third-order valence-corrected chi connectivity index (χ3v) is 1.94. The summed E-state index contributed by atoms with van der Waals surface area (Å²) in [5, 5.41) is 0. The fraction of sp³-hybridized carbons (Fsp3) is 0.400. The maximum absolute atomic E-state index is 10.8. The number of nitrogens with one attached hydrogen (secondary N) is 1. The van der Waals surface area contributed by atoms with Crippen molar-refractivity contribution in [3.05, 3.63) is 25.7 Å². The van der Waals surface area contributed by atoms with Crippen molar-refractivity contribution in [3.8, 4) is 0 Å². The summed E-state index contributed by atoms with van der Waals surface area (Å²) in [7, 11) is 3.00. The lowest BCUT2D eigenvalue weighted by atomic mass is 10.9. The van der Waals surface area contributed by atoms with Crippen molar-refractivity contribution in [3.63, 3.8) is 0 Å². The summed E-state index contributed by atoms with van der Waals surface area (Å²) in [5.41, 5.74) is -0.976. The summed E-state index contributed by atoms with van der Waals surface area (Å²) < 4.78 is 2.59. The van der Waals surface area contributed by atoms with Gasteiger partial charge >= 0.3 is 11.4 Å². The third-order valence-electron chi connectivity index (χ3n) is 1.40. The van der Waals surface area contributed by atoms with E-state index in [1.165, 1.54) is 23.2 Å². The molecule has 1 rings (SSSR count). The van der Waals surface area contributed by atoms with Gasteiger partial charge in [0, 0.05) is 14.1 Å². The van der Waals surface area contributed by atoms with Crippen LogP contribution in [0.25, 0.3) is 0 Å². The van der Waals surface area contributed by atoms with Gasteiger partial charge in [-0.15, -0.1) is 0 Å². The molecule has 0 fully saturated rings. The topological polar surface area (TPSA) is 59.8 Å². The van der Waals surface area contributed by atoms with Crippen LogP contribution in [0.5, 0.6) is 0 Å². The van der Waals surface area contributed by atoms with E-state index in [1.54, 1.807) is 0 Å². The molecule has 0 aromatic carbocycles. The SMILES string of the molecule is Cn1c(=O)[nH]c(=O)n(C)c1=S. The largest absolute Gasteiger partial charge is 0.331 e. The van der Waals surface area contributed by atoms with E-state index >= 15 is 0 Å². The van der Waals surface area contributed by atoms with Gasteiger partial charge in [0.15, 0.2) is 4.77 Å². The van der Waals surface area contributed by atoms with Crippen molar-refractivity contribution >= 4 is 12.2 Å². The molecule has 0 aliphatic rings. The monoisotopic (exact) mass is 173 g/mol. The average molecular weight is 173 g/mol. The van der Waals surface area contributed by atoms with E-state index in [-0.39, 0.29) is 4.77 Å². The molecule has 0 aliphatic carbocycles. The van der Waals surface area contributed by atoms with Crippen molar-refractivity contribution in [2.24, 2.45) is 14.1 Å². The highest BCUT2D eigenvalue weighted by Gasteiger charge is 1.96. The molecule has 0 atom stereocenters. The molecular weight excluding hydrogens is 166 g/mol. The minimum Gasteiger partial charge on any atom is -0.273 e. The minimum atomic E-state index is -0.488. The molecule has 0 unspecified atom stereocenters. The predicted octanol–water partition coefficient (Wildman–Crippen LogP) is -0.858. The van der Waals surface area contributed by atoms with E-state index in [2.05, 4.69) is 4.98 Å². The van der Waals surface area contributed by atoms with Crippen LogP contribution in [-0.2, 0) is 14.1 Å². The van der Waals surface area contributed by atoms with Crippen LogP contribution >= 0.6 is 12.2 Å². The molecule has 0 saturated carbocycles. The molecule has 11 heavy (non-hydrogen) atoms. The Morgan fingerprint density at radius 2 is 1.55 bits per heavy atom. The fourth-order valence-corrected chi connectivity index (χ4v) is 0.824. The van der Waals surface area contributed by atoms with Crippen molar-refractivity contribution in [2.75, 3.05) is 0 Å². The second-order valence-electron chi connectivity index (χ2n) is 2.14. The molecule has 1 aromatic rings. The Hall–Kier alpha value is -1.17. The van der Waals surface area contributed by atoms with Crippen molar-refractivity contribution < 1.29 is 0 Å². The molecule has 0 bridgehead atoms. The van der Waals surface area contributed by atoms with Crippen LogP contribution < -0.4 is 11.4 Å². The zero-order valence-electron chi connectivity index (χ0n) is 6.12. The molecule has 6 heteroatoms. The summed E-state index contributed by atoms with van der Waals surface area (Å²) in [6.45, 7) is 0. The predicted molar refractivity (Wildman–Crippen MR) is 42.1 cm³/mol. The first-order valence-electron chi connectivity index (χ1n) is 2.90. The minimum absolute atomic E-state index is 0.207. The summed E-state index contributed by atoms with van der Waals surface area (Å²) in [5.74, 6) is 0. The molecule has 0 saturated heterocycles. The maximum atomic E-state index is 10.8. The first-order chi connectivity index (χ1) is 5.04. The number of rotatable bonds is 0. The number of nitrogens with zero attached hydrogens (tertiary/aromatic N) is 2. The molecule has 0 radical (unpaired) electrons. The second kappa shape index (κ2) is 2.46. The first kappa shape index (κ1) is 7.93. The number of hydrogen-bond acceptors (Lipinski definition) is 3. The van der Waals surface area contributed by atoms with Gasteiger partial charge in [-0.3, -0.25) is 14.1 Å². The van der Waals surface area contributed by atoms with Crippen LogP contribution in [0.1, 0.15) is 0 Å². The van der Waals surface area contributed by atoms with Gasteiger partial charge in [0.1, 0.15) is 0 Å². The fourth-order valence-electron chi connectivity index (χ4n) is 0.658.